The van der Waals surface area contributed by atoms with Gasteiger partial charge >= 0.3 is 5.97 Å². The lowest BCUT2D eigenvalue weighted by atomic mass is 10.1. The van der Waals surface area contributed by atoms with Gasteiger partial charge in [0.15, 0.2) is 0 Å². The zero-order valence-electron chi connectivity index (χ0n) is 12.9. The smallest absolute Gasteiger partial charge is 0.326 e. The Balaban J connectivity index is 2.55. The predicted octanol–water partition coefficient (Wildman–Crippen LogP) is 2.47. The van der Waals surface area contributed by atoms with Crippen LogP contribution in [0.15, 0.2) is 18.2 Å². The minimum absolute atomic E-state index is 0.0710. The number of benzene rings is 1. The predicted molar refractivity (Wildman–Crippen MR) is 83.5 cm³/mol. The molecule has 1 atom stereocenters. The number of aliphatic carboxylic acids is 1. The molecular formula is C16H24N2O3. The molecule has 0 aromatic heterocycles. The third kappa shape index (κ3) is 5.45. The van der Waals surface area contributed by atoms with E-state index in [4.69, 9.17) is 5.11 Å². The van der Waals surface area contributed by atoms with Crippen molar-refractivity contribution in [2.24, 2.45) is 0 Å². The molecule has 1 aromatic rings. The molecule has 0 aliphatic heterocycles. The van der Waals surface area contributed by atoms with E-state index in [0.29, 0.717) is 6.42 Å². The van der Waals surface area contributed by atoms with E-state index in [9.17, 15) is 9.59 Å². The molecule has 1 rings (SSSR count). The fourth-order valence-corrected chi connectivity index (χ4v) is 2.17. The summed E-state index contributed by atoms with van der Waals surface area (Å²) in [6.07, 6.45) is 2.14. The Morgan fingerprint density at radius 2 is 1.86 bits per heavy atom. The molecule has 0 heterocycles. The van der Waals surface area contributed by atoms with Crippen LogP contribution in [-0.2, 0) is 9.59 Å². The van der Waals surface area contributed by atoms with E-state index in [2.05, 4.69) is 10.6 Å². The van der Waals surface area contributed by atoms with Crippen molar-refractivity contribution in [2.45, 2.75) is 46.1 Å². The Labute approximate surface area is 125 Å². The monoisotopic (exact) mass is 292 g/mol. The van der Waals surface area contributed by atoms with E-state index in [1.165, 1.54) is 0 Å². The maximum absolute atomic E-state index is 11.9. The summed E-state index contributed by atoms with van der Waals surface area (Å²) in [5.74, 6) is -1.29. The minimum atomic E-state index is -0.983. The molecule has 1 amide bonds. The van der Waals surface area contributed by atoms with Gasteiger partial charge in [-0.15, -0.1) is 0 Å². The Morgan fingerprint density at radius 1 is 1.24 bits per heavy atom. The zero-order chi connectivity index (χ0) is 15.8. The number of rotatable bonds is 8. The molecule has 0 spiro atoms. The van der Waals surface area contributed by atoms with Crippen LogP contribution in [0, 0.1) is 13.8 Å². The van der Waals surface area contributed by atoms with Crippen LogP contribution in [0.3, 0.4) is 0 Å². The molecule has 21 heavy (non-hydrogen) atoms. The largest absolute Gasteiger partial charge is 0.480 e. The van der Waals surface area contributed by atoms with E-state index in [0.717, 1.165) is 29.7 Å². The number of para-hydroxylation sites is 1. The molecule has 0 saturated heterocycles. The topological polar surface area (TPSA) is 78.4 Å². The summed E-state index contributed by atoms with van der Waals surface area (Å²) in [7, 11) is 0. The highest BCUT2D eigenvalue weighted by Gasteiger charge is 2.19. The van der Waals surface area contributed by atoms with E-state index in [-0.39, 0.29) is 12.5 Å². The molecule has 5 nitrogen and oxygen atoms in total. The van der Waals surface area contributed by atoms with E-state index in [1.807, 2.05) is 39.0 Å². The third-order valence-electron chi connectivity index (χ3n) is 3.39. The first kappa shape index (κ1) is 17.0. The highest BCUT2D eigenvalue weighted by molar-refractivity contribution is 5.86. The summed E-state index contributed by atoms with van der Waals surface area (Å²) in [4.78, 5) is 23.0. The molecule has 0 aliphatic rings. The average molecular weight is 292 g/mol. The van der Waals surface area contributed by atoms with Gasteiger partial charge in [0.25, 0.3) is 0 Å². The van der Waals surface area contributed by atoms with Gasteiger partial charge in [-0.25, -0.2) is 4.79 Å². The van der Waals surface area contributed by atoms with E-state index in [1.54, 1.807) is 0 Å². The summed E-state index contributed by atoms with van der Waals surface area (Å²) >= 11 is 0. The van der Waals surface area contributed by atoms with Crippen LogP contribution >= 0.6 is 0 Å². The molecule has 1 aromatic carbocycles. The number of hydrogen-bond donors (Lipinski definition) is 3. The highest BCUT2D eigenvalue weighted by atomic mass is 16.4. The SMILES string of the molecule is CCCC[C@H](NC(=O)CNc1c(C)cccc1C)C(=O)O. The lowest BCUT2D eigenvalue weighted by Gasteiger charge is -2.16. The second kappa shape index (κ2) is 8.29. The summed E-state index contributed by atoms with van der Waals surface area (Å²) in [6.45, 7) is 5.99. The average Bonchev–Trinajstić information content (AvgIpc) is 2.42. The van der Waals surface area contributed by atoms with Crippen LogP contribution in [0.1, 0.15) is 37.3 Å². The zero-order valence-corrected chi connectivity index (χ0v) is 12.9. The van der Waals surface area contributed by atoms with E-state index >= 15 is 0 Å². The highest BCUT2D eigenvalue weighted by Crippen LogP contribution is 2.18. The molecule has 0 radical (unpaired) electrons. The summed E-state index contributed by atoms with van der Waals surface area (Å²) in [6, 6.07) is 5.08. The van der Waals surface area contributed by atoms with Gasteiger partial charge in [0.1, 0.15) is 6.04 Å². The Kier molecular flexibility index (Phi) is 6.72. The molecule has 0 bridgehead atoms. The number of carboxylic acid groups (broad SMARTS) is 1. The van der Waals surface area contributed by atoms with Crippen LogP contribution in [0.25, 0.3) is 0 Å². The number of carbonyl (C=O) groups excluding carboxylic acids is 1. The fourth-order valence-electron chi connectivity index (χ4n) is 2.17. The van der Waals surface area contributed by atoms with Crippen molar-refractivity contribution in [3.05, 3.63) is 29.3 Å². The lowest BCUT2D eigenvalue weighted by molar-refractivity contribution is -0.141. The normalized spacial score (nSPS) is 11.8. The van der Waals surface area contributed by atoms with Crippen molar-refractivity contribution in [1.82, 2.24) is 5.32 Å². The van der Waals surface area contributed by atoms with Crippen molar-refractivity contribution in [3.63, 3.8) is 0 Å². The number of amides is 1. The number of aryl methyl sites for hydroxylation is 2. The quantitative estimate of drug-likeness (QED) is 0.688. The number of carbonyl (C=O) groups is 2. The third-order valence-corrected chi connectivity index (χ3v) is 3.39. The molecule has 0 fully saturated rings. The lowest BCUT2D eigenvalue weighted by Crippen LogP contribution is -2.43. The summed E-state index contributed by atoms with van der Waals surface area (Å²) in [5.41, 5.74) is 3.04. The maximum Gasteiger partial charge on any atom is 0.326 e. The molecule has 5 heteroatoms. The first-order valence-electron chi connectivity index (χ1n) is 7.28. The number of anilines is 1. The van der Waals surface area contributed by atoms with Crippen molar-refractivity contribution < 1.29 is 14.7 Å². The summed E-state index contributed by atoms with van der Waals surface area (Å²) in [5, 5.41) is 14.7. The van der Waals surface area contributed by atoms with Crippen molar-refractivity contribution in [1.29, 1.82) is 0 Å². The number of hydrogen-bond acceptors (Lipinski definition) is 3. The molecule has 0 saturated carbocycles. The van der Waals surface area contributed by atoms with Crippen LogP contribution in [0.5, 0.6) is 0 Å². The second-order valence-electron chi connectivity index (χ2n) is 5.22. The molecule has 0 unspecified atom stereocenters. The van der Waals surface area contributed by atoms with Crippen molar-refractivity contribution >= 4 is 17.6 Å². The van der Waals surface area contributed by atoms with Gasteiger partial charge in [-0.1, -0.05) is 38.0 Å². The first-order chi connectivity index (χ1) is 9.95. The van der Waals surface area contributed by atoms with Crippen LogP contribution in [0.4, 0.5) is 5.69 Å². The molecule has 0 aliphatic carbocycles. The maximum atomic E-state index is 11.9. The fraction of sp³-hybridized carbons (Fsp3) is 0.500. The van der Waals surface area contributed by atoms with Gasteiger partial charge in [-0.05, 0) is 31.4 Å². The van der Waals surface area contributed by atoms with Gasteiger partial charge in [-0.3, -0.25) is 4.79 Å². The van der Waals surface area contributed by atoms with Crippen molar-refractivity contribution in [2.75, 3.05) is 11.9 Å². The molecule has 116 valence electrons. The van der Waals surface area contributed by atoms with Gasteiger partial charge < -0.3 is 15.7 Å². The Morgan fingerprint density at radius 3 is 2.38 bits per heavy atom. The molecular weight excluding hydrogens is 268 g/mol. The minimum Gasteiger partial charge on any atom is -0.480 e. The van der Waals surface area contributed by atoms with Gasteiger partial charge in [0.05, 0.1) is 6.54 Å². The Hall–Kier alpha value is -2.04. The van der Waals surface area contributed by atoms with Crippen LogP contribution in [-0.4, -0.2) is 29.6 Å². The number of carboxylic acids is 1. The van der Waals surface area contributed by atoms with Crippen molar-refractivity contribution in [3.8, 4) is 0 Å². The van der Waals surface area contributed by atoms with E-state index < -0.39 is 12.0 Å². The van der Waals surface area contributed by atoms with Gasteiger partial charge in [0.2, 0.25) is 5.91 Å². The van der Waals surface area contributed by atoms with Crippen LogP contribution in [0.2, 0.25) is 0 Å². The van der Waals surface area contributed by atoms with Crippen LogP contribution < -0.4 is 10.6 Å². The molecule has 3 N–H and O–H groups in total. The number of unbranched alkanes of at least 4 members (excludes halogenated alkanes) is 1. The number of nitrogens with one attached hydrogen (secondary N) is 2. The van der Waals surface area contributed by atoms with Gasteiger partial charge in [-0.2, -0.15) is 0 Å². The Bertz CT molecular complexity index is 480. The summed E-state index contributed by atoms with van der Waals surface area (Å²) < 4.78 is 0. The standard InChI is InChI=1S/C16H24N2O3/c1-4-5-9-13(16(20)21)18-14(19)10-17-15-11(2)7-6-8-12(15)3/h6-8,13,17H,4-5,9-10H2,1-3H3,(H,18,19)(H,20,21)/t13-/m0/s1. The first-order valence-corrected chi connectivity index (χ1v) is 7.28. The van der Waals surface area contributed by atoms with Gasteiger partial charge in [0, 0.05) is 5.69 Å². The second-order valence-corrected chi connectivity index (χ2v) is 5.22.